The second-order valence-electron chi connectivity index (χ2n) is 3.08. The number of rotatable bonds is 5. The number of sulfonamides is 1. The van der Waals surface area contributed by atoms with Gasteiger partial charge in [-0.2, -0.15) is 0 Å². The molecule has 2 N–H and O–H groups in total. The fourth-order valence-electron chi connectivity index (χ4n) is 1.11. The largest absolute Gasteiger partial charge is 0.443 e. The molecule has 6 nitrogen and oxygen atoms in total. The Kier molecular flexibility index (Phi) is 3.70. The van der Waals surface area contributed by atoms with Crippen LogP contribution < -0.4 is 10.0 Å². The molecule has 1 aliphatic heterocycles. The summed E-state index contributed by atoms with van der Waals surface area (Å²) in [6.45, 7) is 2.28. The molecule has 0 radical (unpaired) electrons. The van der Waals surface area contributed by atoms with Crippen LogP contribution in [-0.2, 0) is 14.8 Å². The molecule has 0 spiro atoms. The van der Waals surface area contributed by atoms with Crippen molar-refractivity contribution in [3.8, 4) is 0 Å². The number of cyclic esters (lactones) is 1. The predicted octanol–water partition coefficient (Wildman–Crippen LogP) is -0.576. The van der Waals surface area contributed by atoms with Gasteiger partial charge in [-0.05, 0) is 6.42 Å². The molecule has 0 bridgehead atoms. The van der Waals surface area contributed by atoms with Gasteiger partial charge in [0.05, 0.1) is 12.3 Å². The Morgan fingerprint density at radius 1 is 1.64 bits per heavy atom. The van der Waals surface area contributed by atoms with Crippen molar-refractivity contribution in [3.63, 3.8) is 0 Å². The summed E-state index contributed by atoms with van der Waals surface area (Å²) in [5.41, 5.74) is 0. The molecular weight excluding hydrogens is 208 g/mol. The molecule has 1 atom stereocenters. The molecule has 1 heterocycles. The highest BCUT2D eigenvalue weighted by atomic mass is 32.2. The Labute approximate surface area is 83.1 Å². The van der Waals surface area contributed by atoms with Gasteiger partial charge in [-0.1, -0.05) is 6.92 Å². The molecular formula is C7H14N2O4S. The average molecular weight is 222 g/mol. The normalized spacial score (nSPS) is 21.8. The first kappa shape index (κ1) is 11.3. The lowest BCUT2D eigenvalue weighted by Crippen LogP contribution is -2.35. The third kappa shape index (κ3) is 3.51. The summed E-state index contributed by atoms with van der Waals surface area (Å²) in [6, 6.07) is 0. The third-order valence-corrected chi connectivity index (χ3v) is 3.30. The van der Waals surface area contributed by atoms with E-state index < -0.39 is 22.2 Å². The van der Waals surface area contributed by atoms with Gasteiger partial charge in [-0.15, -0.1) is 0 Å². The van der Waals surface area contributed by atoms with Gasteiger partial charge in [-0.25, -0.2) is 17.9 Å². The highest BCUT2D eigenvalue weighted by molar-refractivity contribution is 7.89. The number of ether oxygens (including phenoxy) is 1. The van der Waals surface area contributed by atoms with E-state index in [0.29, 0.717) is 13.0 Å². The van der Waals surface area contributed by atoms with Crippen molar-refractivity contribution in [2.75, 3.05) is 18.8 Å². The fraction of sp³-hybridized carbons (Fsp3) is 0.857. The highest BCUT2D eigenvalue weighted by Gasteiger charge is 2.23. The van der Waals surface area contributed by atoms with E-state index in [9.17, 15) is 13.2 Å². The predicted molar refractivity (Wildman–Crippen MR) is 50.4 cm³/mol. The molecule has 1 fully saturated rings. The number of hydrogen-bond donors (Lipinski definition) is 2. The summed E-state index contributed by atoms with van der Waals surface area (Å²) in [5.74, 6) is 0.0983. The van der Waals surface area contributed by atoms with E-state index in [-0.39, 0.29) is 12.3 Å². The first-order chi connectivity index (χ1) is 6.53. The number of carbonyl (C=O) groups is 1. The topological polar surface area (TPSA) is 84.5 Å². The third-order valence-electron chi connectivity index (χ3n) is 1.75. The first-order valence-electron chi connectivity index (χ1n) is 4.45. The second-order valence-corrected chi connectivity index (χ2v) is 5.00. The van der Waals surface area contributed by atoms with Gasteiger partial charge in [0.15, 0.2) is 0 Å². The zero-order chi connectivity index (χ0) is 10.6. The minimum atomic E-state index is -3.21. The minimum absolute atomic E-state index is 0.0983. The maximum Gasteiger partial charge on any atom is 0.407 e. The summed E-state index contributed by atoms with van der Waals surface area (Å²) in [5, 5.41) is 2.44. The lowest BCUT2D eigenvalue weighted by atomic mass is 10.4. The van der Waals surface area contributed by atoms with E-state index in [1.54, 1.807) is 6.92 Å². The Morgan fingerprint density at radius 2 is 2.36 bits per heavy atom. The highest BCUT2D eigenvalue weighted by Crippen LogP contribution is 1.99. The van der Waals surface area contributed by atoms with Crippen LogP contribution in [0.15, 0.2) is 0 Å². The molecule has 1 rings (SSSR count). The van der Waals surface area contributed by atoms with Crippen LogP contribution >= 0.6 is 0 Å². The Bertz CT molecular complexity index is 301. The van der Waals surface area contributed by atoms with Gasteiger partial charge in [0.2, 0.25) is 10.0 Å². The molecule has 1 aliphatic rings. The number of alkyl carbamates (subject to hydrolysis) is 1. The fourth-order valence-corrected chi connectivity index (χ4v) is 2.23. The summed E-state index contributed by atoms with van der Waals surface area (Å²) in [6.07, 6.45) is -0.322. The van der Waals surface area contributed by atoms with Gasteiger partial charge < -0.3 is 10.1 Å². The van der Waals surface area contributed by atoms with Crippen molar-refractivity contribution >= 4 is 16.1 Å². The summed E-state index contributed by atoms with van der Waals surface area (Å²) < 4.78 is 29.5. The smallest absolute Gasteiger partial charge is 0.407 e. The van der Waals surface area contributed by atoms with Crippen LogP contribution in [-0.4, -0.2) is 39.5 Å². The van der Waals surface area contributed by atoms with Gasteiger partial charge in [0, 0.05) is 6.54 Å². The summed E-state index contributed by atoms with van der Waals surface area (Å²) in [7, 11) is -3.21. The molecule has 0 aromatic rings. The minimum Gasteiger partial charge on any atom is -0.443 e. The maximum absolute atomic E-state index is 11.2. The molecule has 1 amide bonds. The lowest BCUT2D eigenvalue weighted by molar-refractivity contribution is 0.142. The van der Waals surface area contributed by atoms with Crippen LogP contribution in [0.2, 0.25) is 0 Å². The van der Waals surface area contributed by atoms with E-state index in [2.05, 4.69) is 10.0 Å². The van der Waals surface area contributed by atoms with Crippen molar-refractivity contribution in [3.05, 3.63) is 0 Å². The molecule has 82 valence electrons. The quantitative estimate of drug-likeness (QED) is 0.652. The van der Waals surface area contributed by atoms with E-state index in [1.807, 2.05) is 0 Å². The maximum atomic E-state index is 11.2. The molecule has 0 aromatic carbocycles. The van der Waals surface area contributed by atoms with Crippen LogP contribution in [0.4, 0.5) is 4.79 Å². The zero-order valence-electron chi connectivity index (χ0n) is 7.95. The van der Waals surface area contributed by atoms with E-state index in [4.69, 9.17) is 4.74 Å². The number of amides is 1. The van der Waals surface area contributed by atoms with Crippen LogP contribution in [0, 0.1) is 0 Å². The molecule has 14 heavy (non-hydrogen) atoms. The number of hydrogen-bond acceptors (Lipinski definition) is 4. The lowest BCUT2D eigenvalue weighted by Gasteiger charge is -2.09. The number of carbonyl (C=O) groups excluding carboxylic acids is 1. The summed E-state index contributed by atoms with van der Waals surface area (Å²) in [4.78, 5) is 10.6. The Hall–Kier alpha value is -0.820. The van der Waals surface area contributed by atoms with Crippen molar-refractivity contribution < 1.29 is 17.9 Å². The van der Waals surface area contributed by atoms with Crippen LogP contribution in [0.3, 0.4) is 0 Å². The zero-order valence-corrected chi connectivity index (χ0v) is 8.76. The molecule has 0 aromatic heterocycles. The SMILES string of the molecule is CCCS(=O)(=O)NC[C@H]1CNC(=O)O1. The number of nitrogens with one attached hydrogen (secondary N) is 2. The Balaban J connectivity index is 2.30. The van der Waals surface area contributed by atoms with Crippen molar-refractivity contribution in [1.82, 2.24) is 10.0 Å². The van der Waals surface area contributed by atoms with Gasteiger partial charge in [0.1, 0.15) is 6.10 Å². The van der Waals surface area contributed by atoms with Crippen molar-refractivity contribution in [2.24, 2.45) is 0 Å². The van der Waals surface area contributed by atoms with Crippen LogP contribution in [0.25, 0.3) is 0 Å². The van der Waals surface area contributed by atoms with Crippen molar-refractivity contribution in [2.45, 2.75) is 19.4 Å². The first-order valence-corrected chi connectivity index (χ1v) is 6.10. The summed E-state index contributed by atoms with van der Waals surface area (Å²) >= 11 is 0. The van der Waals surface area contributed by atoms with E-state index >= 15 is 0 Å². The van der Waals surface area contributed by atoms with Crippen LogP contribution in [0.5, 0.6) is 0 Å². The monoisotopic (exact) mass is 222 g/mol. The molecule has 0 unspecified atom stereocenters. The van der Waals surface area contributed by atoms with E-state index in [1.165, 1.54) is 0 Å². The molecule has 0 aliphatic carbocycles. The molecule has 1 saturated heterocycles. The standard InChI is InChI=1S/C7H14N2O4S/c1-2-3-14(11,12)9-5-6-4-8-7(10)13-6/h6,9H,2-5H2,1H3,(H,8,10)/t6-/m1/s1. The average Bonchev–Trinajstić information content (AvgIpc) is 2.48. The Morgan fingerprint density at radius 3 is 2.86 bits per heavy atom. The van der Waals surface area contributed by atoms with Gasteiger partial charge in [-0.3, -0.25) is 0 Å². The van der Waals surface area contributed by atoms with E-state index in [0.717, 1.165) is 0 Å². The molecule has 7 heteroatoms. The van der Waals surface area contributed by atoms with Gasteiger partial charge >= 0.3 is 6.09 Å². The molecule has 0 saturated carbocycles. The van der Waals surface area contributed by atoms with Gasteiger partial charge in [0.25, 0.3) is 0 Å². The van der Waals surface area contributed by atoms with Crippen LogP contribution in [0.1, 0.15) is 13.3 Å². The second kappa shape index (κ2) is 4.61. The van der Waals surface area contributed by atoms with Crippen molar-refractivity contribution in [1.29, 1.82) is 0 Å².